The molecule has 0 aliphatic rings. The summed E-state index contributed by atoms with van der Waals surface area (Å²) in [5, 5.41) is 2.72. The standard InChI is InChI=1S/C15H14BrClN2O4S/c1-9(20)18-11-4-5-13(12(17)8-11)19-24(21,22)15-7-10(16)3-6-14(15)23-2/h3-8,19H,1-2H3,(H,18,20). The molecule has 0 unspecified atom stereocenters. The van der Waals surface area contributed by atoms with E-state index in [2.05, 4.69) is 26.0 Å². The molecule has 2 aromatic carbocycles. The summed E-state index contributed by atoms with van der Waals surface area (Å²) >= 11 is 9.33. The molecule has 0 saturated carbocycles. The summed E-state index contributed by atoms with van der Waals surface area (Å²) in [6.07, 6.45) is 0. The number of benzene rings is 2. The van der Waals surface area contributed by atoms with Crippen molar-refractivity contribution in [2.24, 2.45) is 0 Å². The molecule has 2 N–H and O–H groups in total. The summed E-state index contributed by atoms with van der Waals surface area (Å²) < 4.78 is 33.3. The first-order chi connectivity index (χ1) is 11.2. The van der Waals surface area contributed by atoms with Crippen LogP contribution in [0.5, 0.6) is 5.75 Å². The topological polar surface area (TPSA) is 84.5 Å². The van der Waals surface area contributed by atoms with Crippen LogP contribution in [0.3, 0.4) is 0 Å². The second-order valence-corrected chi connectivity index (χ2v) is 7.75. The third-order valence-electron chi connectivity index (χ3n) is 2.95. The number of hydrogen-bond donors (Lipinski definition) is 2. The Labute approximate surface area is 153 Å². The van der Waals surface area contributed by atoms with Crippen LogP contribution in [0.1, 0.15) is 6.92 Å². The molecule has 0 fully saturated rings. The van der Waals surface area contributed by atoms with Gasteiger partial charge in [-0.05, 0) is 36.4 Å². The van der Waals surface area contributed by atoms with Crippen molar-refractivity contribution in [1.29, 1.82) is 0 Å². The SMILES string of the molecule is COc1ccc(Br)cc1S(=O)(=O)Nc1ccc(NC(C)=O)cc1Cl. The lowest BCUT2D eigenvalue weighted by Crippen LogP contribution is -2.14. The highest BCUT2D eigenvalue weighted by molar-refractivity contribution is 9.10. The minimum Gasteiger partial charge on any atom is -0.495 e. The van der Waals surface area contributed by atoms with E-state index in [0.29, 0.717) is 10.2 Å². The van der Waals surface area contributed by atoms with E-state index >= 15 is 0 Å². The van der Waals surface area contributed by atoms with E-state index in [1.807, 2.05) is 0 Å². The van der Waals surface area contributed by atoms with Gasteiger partial charge in [-0.15, -0.1) is 0 Å². The lowest BCUT2D eigenvalue weighted by molar-refractivity contribution is -0.114. The van der Waals surface area contributed by atoms with Gasteiger partial charge >= 0.3 is 0 Å². The second-order valence-electron chi connectivity index (χ2n) is 4.78. The van der Waals surface area contributed by atoms with Gasteiger partial charge in [0.25, 0.3) is 10.0 Å². The summed E-state index contributed by atoms with van der Waals surface area (Å²) in [6, 6.07) is 9.12. The van der Waals surface area contributed by atoms with Gasteiger partial charge in [-0.1, -0.05) is 27.5 Å². The Hall–Kier alpha value is -1.77. The van der Waals surface area contributed by atoms with Crippen molar-refractivity contribution in [2.75, 3.05) is 17.1 Å². The van der Waals surface area contributed by atoms with Gasteiger partial charge in [0.2, 0.25) is 5.91 Å². The predicted octanol–water partition coefficient (Wildman–Crippen LogP) is 3.87. The third kappa shape index (κ3) is 4.40. The number of anilines is 2. The Morgan fingerprint density at radius 3 is 2.50 bits per heavy atom. The number of carbonyl (C=O) groups excluding carboxylic acids is 1. The van der Waals surface area contributed by atoms with E-state index in [0.717, 1.165) is 0 Å². The van der Waals surface area contributed by atoms with Crippen molar-refractivity contribution in [3.63, 3.8) is 0 Å². The van der Waals surface area contributed by atoms with Crippen molar-refractivity contribution in [3.8, 4) is 5.75 Å². The van der Waals surface area contributed by atoms with Gasteiger partial charge < -0.3 is 10.1 Å². The molecule has 0 saturated heterocycles. The first kappa shape index (κ1) is 18.6. The fourth-order valence-electron chi connectivity index (χ4n) is 1.94. The molecule has 2 aromatic rings. The molecule has 0 aromatic heterocycles. The summed E-state index contributed by atoms with van der Waals surface area (Å²) in [5.74, 6) is -0.0463. The van der Waals surface area contributed by atoms with Crippen LogP contribution in [0.15, 0.2) is 45.8 Å². The molecule has 2 rings (SSSR count). The number of methoxy groups -OCH3 is 1. The van der Waals surface area contributed by atoms with Gasteiger partial charge in [0.05, 0.1) is 17.8 Å². The highest BCUT2D eigenvalue weighted by Gasteiger charge is 2.21. The van der Waals surface area contributed by atoms with Crippen LogP contribution >= 0.6 is 27.5 Å². The smallest absolute Gasteiger partial charge is 0.265 e. The number of halogens is 2. The zero-order valence-electron chi connectivity index (χ0n) is 12.8. The Bertz CT molecular complexity index is 887. The van der Waals surface area contributed by atoms with Crippen LogP contribution in [0.4, 0.5) is 11.4 Å². The van der Waals surface area contributed by atoms with Crippen LogP contribution in [0, 0.1) is 0 Å². The van der Waals surface area contributed by atoms with Gasteiger partial charge in [0.1, 0.15) is 10.6 Å². The lowest BCUT2D eigenvalue weighted by Gasteiger charge is -2.13. The van der Waals surface area contributed by atoms with E-state index in [4.69, 9.17) is 16.3 Å². The van der Waals surface area contributed by atoms with E-state index in [-0.39, 0.29) is 27.3 Å². The molecule has 0 atom stereocenters. The number of carbonyl (C=O) groups is 1. The number of ether oxygens (including phenoxy) is 1. The molecule has 0 aliphatic heterocycles. The summed E-state index contributed by atoms with van der Waals surface area (Å²) in [5.41, 5.74) is 0.656. The van der Waals surface area contributed by atoms with Gasteiger partial charge in [-0.25, -0.2) is 8.42 Å². The Balaban J connectivity index is 2.36. The number of sulfonamides is 1. The molecule has 1 amide bonds. The molecule has 0 heterocycles. The number of nitrogens with one attached hydrogen (secondary N) is 2. The van der Waals surface area contributed by atoms with Crippen molar-refractivity contribution >= 4 is 54.8 Å². The highest BCUT2D eigenvalue weighted by atomic mass is 79.9. The minimum atomic E-state index is -3.91. The van der Waals surface area contributed by atoms with Gasteiger partial charge in [0.15, 0.2) is 0 Å². The molecule has 0 spiro atoms. The normalized spacial score (nSPS) is 11.0. The molecule has 9 heteroatoms. The molecule has 0 radical (unpaired) electrons. The number of hydrogen-bond acceptors (Lipinski definition) is 4. The largest absolute Gasteiger partial charge is 0.495 e. The minimum absolute atomic E-state index is 0.0265. The summed E-state index contributed by atoms with van der Waals surface area (Å²) in [6.45, 7) is 1.37. The monoisotopic (exact) mass is 432 g/mol. The average molecular weight is 434 g/mol. The first-order valence-electron chi connectivity index (χ1n) is 6.66. The zero-order valence-corrected chi connectivity index (χ0v) is 15.9. The number of amides is 1. The quantitative estimate of drug-likeness (QED) is 0.749. The Morgan fingerprint density at radius 1 is 1.21 bits per heavy atom. The fraction of sp³-hybridized carbons (Fsp3) is 0.133. The van der Waals surface area contributed by atoms with Crippen LogP contribution in [0.25, 0.3) is 0 Å². The van der Waals surface area contributed by atoms with E-state index in [1.54, 1.807) is 18.2 Å². The van der Waals surface area contributed by atoms with E-state index < -0.39 is 10.0 Å². The molecule has 6 nitrogen and oxygen atoms in total. The van der Waals surface area contributed by atoms with Crippen LogP contribution in [-0.2, 0) is 14.8 Å². The van der Waals surface area contributed by atoms with E-state index in [1.165, 1.54) is 32.2 Å². The molecule has 0 aliphatic carbocycles. The molecular weight excluding hydrogens is 420 g/mol. The predicted molar refractivity (Wildman–Crippen MR) is 97.3 cm³/mol. The fourth-order valence-corrected chi connectivity index (χ4v) is 4.01. The van der Waals surface area contributed by atoms with Crippen molar-refractivity contribution in [1.82, 2.24) is 0 Å². The molecule has 24 heavy (non-hydrogen) atoms. The van der Waals surface area contributed by atoms with Gasteiger partial charge in [0, 0.05) is 17.1 Å². The maximum absolute atomic E-state index is 12.6. The second kappa shape index (κ2) is 7.42. The van der Waals surface area contributed by atoms with Crippen molar-refractivity contribution < 1.29 is 17.9 Å². The zero-order chi connectivity index (χ0) is 17.9. The van der Waals surface area contributed by atoms with Crippen LogP contribution in [-0.4, -0.2) is 21.4 Å². The summed E-state index contributed by atoms with van der Waals surface area (Å²) in [7, 11) is -2.53. The third-order valence-corrected chi connectivity index (χ3v) is 5.14. The molecular formula is C15H14BrClN2O4S. The molecule has 0 bridgehead atoms. The Kier molecular flexibility index (Phi) is 5.74. The Morgan fingerprint density at radius 2 is 1.92 bits per heavy atom. The average Bonchev–Trinajstić information content (AvgIpc) is 2.49. The first-order valence-corrected chi connectivity index (χ1v) is 9.32. The maximum atomic E-state index is 12.6. The van der Waals surface area contributed by atoms with Crippen molar-refractivity contribution in [2.45, 2.75) is 11.8 Å². The van der Waals surface area contributed by atoms with Crippen molar-refractivity contribution in [3.05, 3.63) is 45.9 Å². The maximum Gasteiger partial charge on any atom is 0.265 e. The van der Waals surface area contributed by atoms with Crippen LogP contribution < -0.4 is 14.8 Å². The summed E-state index contributed by atoms with van der Waals surface area (Å²) in [4.78, 5) is 11.0. The molecule has 128 valence electrons. The lowest BCUT2D eigenvalue weighted by atomic mass is 10.3. The van der Waals surface area contributed by atoms with Gasteiger partial charge in [-0.3, -0.25) is 9.52 Å². The number of rotatable bonds is 5. The van der Waals surface area contributed by atoms with Crippen LogP contribution in [0.2, 0.25) is 5.02 Å². The highest BCUT2D eigenvalue weighted by Crippen LogP contribution is 2.32. The van der Waals surface area contributed by atoms with Gasteiger partial charge in [-0.2, -0.15) is 0 Å². The van der Waals surface area contributed by atoms with E-state index in [9.17, 15) is 13.2 Å².